The van der Waals surface area contributed by atoms with Gasteiger partial charge >= 0.3 is 0 Å². The molecule has 170 valence electrons. The molecule has 6 nitrogen and oxygen atoms in total. The monoisotopic (exact) mass is 427 g/mol. The summed E-state index contributed by atoms with van der Waals surface area (Å²) in [5.41, 5.74) is 0.853. The maximum atomic E-state index is 13.7. The van der Waals surface area contributed by atoms with Crippen molar-refractivity contribution >= 4 is 11.8 Å². The third-order valence-corrected chi connectivity index (χ3v) is 7.30. The van der Waals surface area contributed by atoms with Gasteiger partial charge in [-0.05, 0) is 31.4 Å². The summed E-state index contributed by atoms with van der Waals surface area (Å²) < 4.78 is 5.46. The largest absolute Gasteiger partial charge is 0.379 e. The number of nitrogens with one attached hydrogen (secondary N) is 1. The van der Waals surface area contributed by atoms with E-state index in [2.05, 4.69) is 10.2 Å². The first-order valence-electron chi connectivity index (χ1n) is 12.1. The van der Waals surface area contributed by atoms with Gasteiger partial charge < -0.3 is 15.0 Å². The van der Waals surface area contributed by atoms with Crippen molar-refractivity contribution in [2.45, 2.75) is 69.9 Å². The van der Waals surface area contributed by atoms with Crippen molar-refractivity contribution in [1.29, 1.82) is 0 Å². The van der Waals surface area contributed by atoms with Crippen molar-refractivity contribution in [3.8, 4) is 0 Å². The average Bonchev–Trinajstić information content (AvgIpc) is 2.76. The van der Waals surface area contributed by atoms with Crippen LogP contribution in [-0.2, 0) is 16.0 Å². The van der Waals surface area contributed by atoms with Gasteiger partial charge in [0.2, 0.25) is 5.91 Å². The second kappa shape index (κ2) is 10.1. The zero-order valence-electron chi connectivity index (χ0n) is 18.9. The van der Waals surface area contributed by atoms with E-state index < -0.39 is 5.54 Å². The Morgan fingerprint density at radius 1 is 1.06 bits per heavy atom. The number of amides is 2. The molecule has 4 rings (SSSR count). The lowest BCUT2D eigenvalue weighted by Gasteiger charge is -2.45. The summed E-state index contributed by atoms with van der Waals surface area (Å²) in [6.45, 7) is 6.50. The number of benzene rings is 1. The zero-order chi connectivity index (χ0) is 21.7. The van der Waals surface area contributed by atoms with E-state index in [4.69, 9.17) is 4.74 Å². The van der Waals surface area contributed by atoms with Crippen LogP contribution in [0.1, 0.15) is 67.8 Å². The maximum Gasteiger partial charge on any atom is 0.255 e. The second-order valence-corrected chi connectivity index (χ2v) is 9.53. The molecule has 2 amide bonds. The molecule has 0 spiro atoms. The first-order valence-corrected chi connectivity index (χ1v) is 12.1. The molecule has 2 fully saturated rings. The van der Waals surface area contributed by atoms with Gasteiger partial charge in [0.25, 0.3) is 5.91 Å². The van der Waals surface area contributed by atoms with E-state index in [9.17, 15) is 9.59 Å². The molecule has 1 saturated heterocycles. The Balaban J connectivity index is 1.53. The van der Waals surface area contributed by atoms with E-state index in [0.29, 0.717) is 13.0 Å². The van der Waals surface area contributed by atoms with E-state index in [-0.39, 0.29) is 17.9 Å². The van der Waals surface area contributed by atoms with Crippen LogP contribution in [0.25, 0.3) is 0 Å². The maximum absolute atomic E-state index is 13.7. The molecule has 1 saturated carbocycles. The number of nitrogens with zero attached hydrogens (tertiary/aromatic N) is 2. The van der Waals surface area contributed by atoms with Gasteiger partial charge in [-0.3, -0.25) is 14.5 Å². The predicted octanol–water partition coefficient (Wildman–Crippen LogP) is 3.00. The van der Waals surface area contributed by atoms with Crippen LogP contribution in [0.4, 0.5) is 0 Å². The smallest absolute Gasteiger partial charge is 0.255 e. The van der Waals surface area contributed by atoms with Crippen LogP contribution >= 0.6 is 0 Å². The number of fused-ring (bicyclic) bond motifs is 1. The van der Waals surface area contributed by atoms with Crippen molar-refractivity contribution in [2.75, 3.05) is 39.4 Å². The molecular weight excluding hydrogens is 390 g/mol. The fourth-order valence-electron chi connectivity index (χ4n) is 5.28. The minimum absolute atomic E-state index is 0.00269. The molecule has 1 aromatic carbocycles. The zero-order valence-corrected chi connectivity index (χ0v) is 18.9. The highest BCUT2D eigenvalue weighted by Crippen LogP contribution is 2.32. The fraction of sp³-hybridized carbons (Fsp3) is 0.680. The first kappa shape index (κ1) is 22.3. The molecule has 0 bridgehead atoms. The second-order valence-electron chi connectivity index (χ2n) is 9.53. The van der Waals surface area contributed by atoms with Gasteiger partial charge in [-0.2, -0.15) is 0 Å². The number of morpholine rings is 1. The topological polar surface area (TPSA) is 61.9 Å². The summed E-state index contributed by atoms with van der Waals surface area (Å²) in [5.74, 6) is -0.0201. The van der Waals surface area contributed by atoms with Crippen LogP contribution in [0.5, 0.6) is 0 Å². The minimum Gasteiger partial charge on any atom is -0.379 e. The summed E-state index contributed by atoms with van der Waals surface area (Å²) in [7, 11) is 0. The van der Waals surface area contributed by atoms with E-state index in [1.165, 1.54) is 32.1 Å². The molecule has 1 atom stereocenters. The highest BCUT2D eigenvalue weighted by molar-refractivity contribution is 6.02. The van der Waals surface area contributed by atoms with Gasteiger partial charge in [0, 0.05) is 44.2 Å². The lowest BCUT2D eigenvalue weighted by Crippen LogP contribution is -2.64. The molecule has 2 aliphatic heterocycles. The Bertz CT molecular complexity index is 769. The van der Waals surface area contributed by atoms with E-state index in [1.807, 2.05) is 36.1 Å². The molecule has 0 aromatic heterocycles. The molecular formula is C25H37N3O3. The fourth-order valence-corrected chi connectivity index (χ4v) is 5.28. The highest BCUT2D eigenvalue weighted by Gasteiger charge is 2.47. The van der Waals surface area contributed by atoms with Gasteiger partial charge in [0.05, 0.1) is 13.2 Å². The minimum atomic E-state index is -0.861. The van der Waals surface area contributed by atoms with Crippen molar-refractivity contribution in [3.05, 3.63) is 35.4 Å². The van der Waals surface area contributed by atoms with Crippen LogP contribution < -0.4 is 5.32 Å². The van der Waals surface area contributed by atoms with E-state index in [0.717, 1.165) is 56.8 Å². The van der Waals surface area contributed by atoms with Crippen molar-refractivity contribution < 1.29 is 14.3 Å². The van der Waals surface area contributed by atoms with Gasteiger partial charge in [0.1, 0.15) is 5.54 Å². The quantitative estimate of drug-likeness (QED) is 0.785. The highest BCUT2D eigenvalue weighted by atomic mass is 16.5. The number of rotatable bonds is 5. The number of carbonyl (C=O) groups is 2. The number of carbonyl (C=O) groups excluding carboxylic acids is 2. The molecule has 1 aromatic rings. The Labute approximate surface area is 186 Å². The number of hydrogen-bond acceptors (Lipinski definition) is 4. The molecule has 1 N–H and O–H groups in total. The normalized spacial score (nSPS) is 26.1. The summed E-state index contributed by atoms with van der Waals surface area (Å²) >= 11 is 0. The average molecular weight is 428 g/mol. The lowest BCUT2D eigenvalue weighted by molar-refractivity contribution is -0.132. The van der Waals surface area contributed by atoms with E-state index in [1.54, 1.807) is 0 Å². The van der Waals surface area contributed by atoms with Gasteiger partial charge in [-0.15, -0.1) is 0 Å². The Hall–Kier alpha value is -1.92. The van der Waals surface area contributed by atoms with Gasteiger partial charge in [0.15, 0.2) is 0 Å². The molecule has 31 heavy (non-hydrogen) atoms. The van der Waals surface area contributed by atoms with Gasteiger partial charge in [-0.25, -0.2) is 0 Å². The molecule has 2 heterocycles. The van der Waals surface area contributed by atoms with Crippen LogP contribution in [-0.4, -0.2) is 72.6 Å². The Kier molecular flexibility index (Phi) is 7.28. The first-order chi connectivity index (χ1) is 15.1. The molecule has 0 radical (unpaired) electrons. The SMILES string of the molecule is CC1(C(=O)NC2CCCCCCC2)Cc2ccccc2C(=O)N1CCN1CCOCC1. The Morgan fingerprint density at radius 3 is 2.48 bits per heavy atom. The van der Waals surface area contributed by atoms with Crippen molar-refractivity contribution in [1.82, 2.24) is 15.1 Å². The van der Waals surface area contributed by atoms with Gasteiger partial charge in [-0.1, -0.05) is 50.3 Å². The lowest BCUT2D eigenvalue weighted by atomic mass is 9.82. The van der Waals surface area contributed by atoms with Crippen LogP contribution in [0, 0.1) is 0 Å². The summed E-state index contributed by atoms with van der Waals surface area (Å²) in [6, 6.07) is 7.98. The number of ether oxygens (including phenoxy) is 1. The Morgan fingerprint density at radius 2 is 1.74 bits per heavy atom. The van der Waals surface area contributed by atoms with Crippen molar-refractivity contribution in [3.63, 3.8) is 0 Å². The summed E-state index contributed by atoms with van der Waals surface area (Å²) in [5, 5.41) is 3.35. The van der Waals surface area contributed by atoms with Crippen LogP contribution in [0.15, 0.2) is 24.3 Å². The molecule has 6 heteroatoms. The summed E-state index contributed by atoms with van der Waals surface area (Å²) in [4.78, 5) is 31.3. The molecule has 1 unspecified atom stereocenters. The number of hydrogen-bond donors (Lipinski definition) is 1. The third-order valence-electron chi connectivity index (χ3n) is 7.30. The van der Waals surface area contributed by atoms with E-state index >= 15 is 0 Å². The van der Waals surface area contributed by atoms with Crippen LogP contribution in [0.3, 0.4) is 0 Å². The predicted molar refractivity (Wildman–Crippen MR) is 121 cm³/mol. The molecule has 1 aliphatic carbocycles. The third kappa shape index (κ3) is 5.12. The van der Waals surface area contributed by atoms with Crippen molar-refractivity contribution in [2.24, 2.45) is 0 Å². The molecule has 3 aliphatic rings. The standard InChI is InChI=1S/C25H37N3O3/c1-25(24(30)26-21-10-5-3-2-4-6-11-21)19-20-9-7-8-12-22(20)23(29)28(25)14-13-27-15-17-31-18-16-27/h7-9,12,21H,2-6,10-11,13-19H2,1H3,(H,26,30). The summed E-state index contributed by atoms with van der Waals surface area (Å²) in [6.07, 6.45) is 8.80. The van der Waals surface area contributed by atoms with Crippen LogP contribution in [0.2, 0.25) is 0 Å².